The predicted molar refractivity (Wildman–Crippen MR) is 93.7 cm³/mol. The van der Waals surface area contributed by atoms with Crippen molar-refractivity contribution in [1.29, 1.82) is 0 Å². The van der Waals surface area contributed by atoms with Crippen LogP contribution in [0.1, 0.15) is 39.6 Å². The summed E-state index contributed by atoms with van der Waals surface area (Å²) < 4.78 is 20.5. The third kappa shape index (κ3) is 3.75. The standard InChI is InChI=1S/C18H21FN4O3/c1-26-11-9-20-18(25)16-22-15(14-8-4-5-10-23(14)16)17(24)21-13-7-3-2-6-12(13)19/h2-3,6-7H,4-5,8-11H2,1H3,(H,20,25)(H,21,24). The quantitative estimate of drug-likeness (QED) is 0.772. The molecule has 2 N–H and O–H groups in total. The van der Waals surface area contributed by atoms with Gasteiger partial charge in [0.15, 0.2) is 11.5 Å². The summed E-state index contributed by atoms with van der Waals surface area (Å²) in [5.41, 5.74) is 0.966. The van der Waals surface area contributed by atoms with Gasteiger partial charge in [-0.05, 0) is 31.4 Å². The number of benzene rings is 1. The molecule has 138 valence electrons. The molecule has 0 atom stereocenters. The van der Waals surface area contributed by atoms with Gasteiger partial charge in [-0.1, -0.05) is 12.1 Å². The van der Waals surface area contributed by atoms with Gasteiger partial charge >= 0.3 is 0 Å². The van der Waals surface area contributed by atoms with Crippen LogP contribution in [-0.4, -0.2) is 41.6 Å². The molecule has 7 nitrogen and oxygen atoms in total. The van der Waals surface area contributed by atoms with Crippen LogP contribution in [0.25, 0.3) is 0 Å². The summed E-state index contributed by atoms with van der Waals surface area (Å²) >= 11 is 0. The number of para-hydroxylation sites is 1. The molecule has 0 saturated carbocycles. The normalized spacial score (nSPS) is 13.2. The van der Waals surface area contributed by atoms with Crippen molar-refractivity contribution in [3.8, 4) is 0 Å². The van der Waals surface area contributed by atoms with Gasteiger partial charge in [-0.25, -0.2) is 9.37 Å². The number of rotatable bonds is 6. The van der Waals surface area contributed by atoms with Gasteiger partial charge in [0.1, 0.15) is 5.82 Å². The average molecular weight is 360 g/mol. The summed E-state index contributed by atoms with van der Waals surface area (Å²) in [5.74, 6) is -1.19. The van der Waals surface area contributed by atoms with Crippen molar-refractivity contribution in [2.24, 2.45) is 0 Å². The second-order valence-electron chi connectivity index (χ2n) is 6.02. The highest BCUT2D eigenvalue weighted by atomic mass is 19.1. The molecule has 0 radical (unpaired) electrons. The molecule has 0 fully saturated rings. The van der Waals surface area contributed by atoms with Gasteiger partial charge in [-0.3, -0.25) is 9.59 Å². The molecule has 1 aliphatic heterocycles. The number of anilines is 1. The van der Waals surface area contributed by atoms with Crippen molar-refractivity contribution in [3.63, 3.8) is 0 Å². The van der Waals surface area contributed by atoms with E-state index < -0.39 is 11.7 Å². The Morgan fingerprint density at radius 3 is 2.85 bits per heavy atom. The van der Waals surface area contributed by atoms with Gasteiger partial charge in [-0.15, -0.1) is 0 Å². The second-order valence-corrected chi connectivity index (χ2v) is 6.02. The summed E-state index contributed by atoms with van der Waals surface area (Å²) in [4.78, 5) is 29.3. The minimum atomic E-state index is -0.522. The Bertz CT molecular complexity index is 819. The van der Waals surface area contributed by atoms with Crippen LogP contribution in [0.15, 0.2) is 24.3 Å². The average Bonchev–Trinajstić information content (AvgIpc) is 3.04. The highest BCUT2D eigenvalue weighted by Gasteiger charge is 2.27. The molecule has 2 heterocycles. The molecule has 0 aliphatic carbocycles. The summed E-state index contributed by atoms with van der Waals surface area (Å²) in [7, 11) is 1.55. The fourth-order valence-electron chi connectivity index (χ4n) is 2.99. The number of ether oxygens (including phenoxy) is 1. The molecule has 0 saturated heterocycles. The first kappa shape index (κ1) is 18.1. The number of hydrogen-bond acceptors (Lipinski definition) is 4. The molecular weight excluding hydrogens is 339 g/mol. The molecule has 3 rings (SSSR count). The van der Waals surface area contributed by atoms with Crippen molar-refractivity contribution < 1.29 is 18.7 Å². The predicted octanol–water partition coefficient (Wildman–Crippen LogP) is 1.99. The molecule has 8 heteroatoms. The van der Waals surface area contributed by atoms with Gasteiger partial charge in [0.25, 0.3) is 11.8 Å². The Morgan fingerprint density at radius 1 is 1.27 bits per heavy atom. The third-order valence-electron chi connectivity index (χ3n) is 4.25. The number of carbonyl (C=O) groups excluding carboxylic acids is 2. The minimum absolute atomic E-state index is 0.0844. The lowest BCUT2D eigenvalue weighted by molar-refractivity contribution is 0.0921. The first-order valence-corrected chi connectivity index (χ1v) is 8.54. The zero-order chi connectivity index (χ0) is 18.5. The Hall–Kier alpha value is -2.74. The molecule has 1 aromatic heterocycles. The maximum Gasteiger partial charge on any atom is 0.287 e. The largest absolute Gasteiger partial charge is 0.383 e. The van der Waals surface area contributed by atoms with Crippen LogP contribution >= 0.6 is 0 Å². The van der Waals surface area contributed by atoms with E-state index in [1.165, 1.54) is 12.1 Å². The number of fused-ring (bicyclic) bond motifs is 1. The molecule has 2 amide bonds. The Labute approximate surface area is 150 Å². The zero-order valence-electron chi connectivity index (χ0n) is 14.5. The minimum Gasteiger partial charge on any atom is -0.383 e. The lowest BCUT2D eigenvalue weighted by Gasteiger charge is -2.17. The van der Waals surface area contributed by atoms with E-state index in [1.54, 1.807) is 23.8 Å². The highest BCUT2D eigenvalue weighted by Crippen LogP contribution is 2.22. The monoisotopic (exact) mass is 360 g/mol. The van der Waals surface area contributed by atoms with Crippen LogP contribution in [0.2, 0.25) is 0 Å². The summed E-state index contributed by atoms with van der Waals surface area (Å²) in [6.45, 7) is 1.37. The molecule has 2 aromatic rings. The van der Waals surface area contributed by atoms with Crippen molar-refractivity contribution in [2.45, 2.75) is 25.8 Å². The lowest BCUT2D eigenvalue weighted by Crippen LogP contribution is -2.30. The number of nitrogens with one attached hydrogen (secondary N) is 2. The fraction of sp³-hybridized carbons (Fsp3) is 0.389. The first-order chi connectivity index (χ1) is 12.6. The number of methoxy groups -OCH3 is 1. The SMILES string of the molecule is COCCNC(=O)c1nc(C(=O)Nc2ccccc2F)c2n1CCCC2. The van der Waals surface area contributed by atoms with E-state index in [-0.39, 0.29) is 23.1 Å². The van der Waals surface area contributed by atoms with Crippen molar-refractivity contribution in [1.82, 2.24) is 14.9 Å². The third-order valence-corrected chi connectivity index (χ3v) is 4.25. The molecular formula is C18H21FN4O3. The number of carbonyl (C=O) groups is 2. The van der Waals surface area contributed by atoms with Crippen molar-refractivity contribution in [3.05, 3.63) is 47.3 Å². The van der Waals surface area contributed by atoms with Crippen LogP contribution in [0.4, 0.5) is 10.1 Å². The van der Waals surface area contributed by atoms with Crippen LogP contribution in [0, 0.1) is 5.82 Å². The summed E-state index contributed by atoms with van der Waals surface area (Å²) in [5, 5.41) is 5.26. The highest BCUT2D eigenvalue weighted by molar-refractivity contribution is 6.05. The van der Waals surface area contributed by atoms with Gasteiger partial charge in [0, 0.05) is 20.2 Å². The Balaban J connectivity index is 1.86. The zero-order valence-corrected chi connectivity index (χ0v) is 14.5. The Kier molecular flexibility index (Phi) is 5.62. The number of aromatic nitrogens is 2. The van der Waals surface area contributed by atoms with Crippen LogP contribution < -0.4 is 10.6 Å². The molecule has 1 aliphatic rings. The first-order valence-electron chi connectivity index (χ1n) is 8.54. The maximum absolute atomic E-state index is 13.8. The summed E-state index contributed by atoms with van der Waals surface area (Å²) in [6, 6.07) is 5.93. The van der Waals surface area contributed by atoms with E-state index in [1.807, 2.05) is 0 Å². The van der Waals surface area contributed by atoms with Gasteiger partial charge in [0.2, 0.25) is 0 Å². The van der Waals surface area contributed by atoms with Crippen molar-refractivity contribution >= 4 is 17.5 Å². The molecule has 26 heavy (non-hydrogen) atoms. The van der Waals surface area contributed by atoms with E-state index in [0.717, 1.165) is 12.8 Å². The number of amides is 2. The molecule has 0 bridgehead atoms. The molecule has 0 spiro atoms. The van der Waals surface area contributed by atoms with Crippen LogP contribution in [0.3, 0.4) is 0 Å². The number of hydrogen-bond donors (Lipinski definition) is 2. The Morgan fingerprint density at radius 2 is 2.08 bits per heavy atom. The number of nitrogens with zero attached hydrogens (tertiary/aromatic N) is 2. The van der Waals surface area contributed by atoms with Crippen LogP contribution in [0.5, 0.6) is 0 Å². The second kappa shape index (κ2) is 8.09. The fourth-order valence-corrected chi connectivity index (χ4v) is 2.99. The molecule has 0 unspecified atom stereocenters. The van der Waals surface area contributed by atoms with E-state index in [9.17, 15) is 14.0 Å². The topological polar surface area (TPSA) is 85.2 Å². The van der Waals surface area contributed by atoms with E-state index in [4.69, 9.17) is 4.74 Å². The smallest absolute Gasteiger partial charge is 0.287 e. The van der Waals surface area contributed by atoms with Gasteiger partial charge in [0.05, 0.1) is 18.0 Å². The molecule has 1 aromatic carbocycles. The lowest BCUT2D eigenvalue weighted by atomic mass is 10.1. The van der Waals surface area contributed by atoms with E-state index in [2.05, 4.69) is 15.6 Å². The van der Waals surface area contributed by atoms with Crippen LogP contribution in [-0.2, 0) is 17.7 Å². The van der Waals surface area contributed by atoms with Gasteiger partial charge < -0.3 is 19.9 Å². The van der Waals surface area contributed by atoms with Crippen molar-refractivity contribution in [2.75, 3.05) is 25.6 Å². The number of imidazole rings is 1. The van der Waals surface area contributed by atoms with E-state index in [0.29, 0.717) is 31.8 Å². The van der Waals surface area contributed by atoms with Gasteiger partial charge in [-0.2, -0.15) is 0 Å². The number of halogens is 1. The maximum atomic E-state index is 13.8. The van der Waals surface area contributed by atoms with E-state index >= 15 is 0 Å². The summed E-state index contributed by atoms with van der Waals surface area (Å²) in [6.07, 6.45) is 2.48.